The first kappa shape index (κ1) is 12.5. The van der Waals surface area contributed by atoms with Crippen LogP contribution >= 0.6 is 11.3 Å². The lowest BCUT2D eigenvalue weighted by Crippen LogP contribution is -2.06. The molecule has 0 aliphatic heterocycles. The van der Waals surface area contributed by atoms with Gasteiger partial charge in [-0.05, 0) is 45.1 Å². The van der Waals surface area contributed by atoms with Crippen LogP contribution < -0.4 is 0 Å². The number of allylic oxidation sites excluding steroid dienone is 2. The van der Waals surface area contributed by atoms with Crippen LogP contribution in [-0.2, 0) is 11.2 Å². The molecule has 92 valence electrons. The Kier molecular flexibility index (Phi) is 4.11. The predicted molar refractivity (Wildman–Crippen MR) is 71.5 cm³/mol. The van der Waals surface area contributed by atoms with Gasteiger partial charge in [-0.15, -0.1) is 11.3 Å². The Balaban J connectivity index is 2.03. The first-order valence-electron chi connectivity index (χ1n) is 6.32. The third-order valence-corrected chi connectivity index (χ3v) is 4.36. The summed E-state index contributed by atoms with van der Waals surface area (Å²) in [6, 6.07) is 0. The lowest BCUT2D eigenvalue weighted by molar-refractivity contribution is -0.115. The minimum Gasteiger partial charge on any atom is -0.294 e. The molecule has 0 radical (unpaired) electrons. The van der Waals surface area contributed by atoms with Crippen molar-refractivity contribution in [2.24, 2.45) is 0 Å². The molecule has 1 aromatic rings. The molecule has 3 heteroatoms. The molecule has 0 aromatic carbocycles. The molecule has 1 aliphatic carbocycles. The molecular weight excluding hydrogens is 230 g/mol. The zero-order chi connectivity index (χ0) is 12.3. The summed E-state index contributed by atoms with van der Waals surface area (Å²) in [5.74, 6) is 0.278. The van der Waals surface area contributed by atoms with E-state index in [-0.39, 0.29) is 5.78 Å². The maximum atomic E-state index is 12.1. The Hall–Kier alpha value is -0.960. The second-order valence-electron chi connectivity index (χ2n) is 4.68. The number of aryl methyl sites for hydroxylation is 2. The highest BCUT2D eigenvalue weighted by Gasteiger charge is 2.14. The SMILES string of the molecule is Cc1nc(CC(=O)C2=CCCCCC2)sc1C. The van der Waals surface area contributed by atoms with Crippen LogP contribution in [0.5, 0.6) is 0 Å². The number of carbonyl (C=O) groups is 1. The second-order valence-corrected chi connectivity index (χ2v) is 5.97. The van der Waals surface area contributed by atoms with Crippen molar-refractivity contribution in [3.63, 3.8) is 0 Å². The molecule has 2 nitrogen and oxygen atoms in total. The van der Waals surface area contributed by atoms with Crippen LogP contribution in [0.25, 0.3) is 0 Å². The molecule has 0 unspecified atom stereocenters. The Morgan fingerprint density at radius 3 is 2.88 bits per heavy atom. The molecule has 17 heavy (non-hydrogen) atoms. The van der Waals surface area contributed by atoms with Gasteiger partial charge < -0.3 is 0 Å². The van der Waals surface area contributed by atoms with Crippen LogP contribution in [0, 0.1) is 13.8 Å². The highest BCUT2D eigenvalue weighted by molar-refractivity contribution is 7.11. The number of ketones is 1. The van der Waals surface area contributed by atoms with Crippen molar-refractivity contribution in [2.45, 2.75) is 52.4 Å². The van der Waals surface area contributed by atoms with Gasteiger partial charge in [-0.3, -0.25) is 4.79 Å². The molecule has 0 amide bonds. The lowest BCUT2D eigenvalue weighted by atomic mass is 10.0. The fraction of sp³-hybridized carbons (Fsp3) is 0.571. The van der Waals surface area contributed by atoms with E-state index in [2.05, 4.69) is 18.0 Å². The molecular formula is C14H19NOS. The van der Waals surface area contributed by atoms with Crippen molar-refractivity contribution in [1.82, 2.24) is 4.98 Å². The first-order chi connectivity index (χ1) is 8.16. The van der Waals surface area contributed by atoms with Gasteiger partial charge in [0.15, 0.2) is 5.78 Å². The Morgan fingerprint density at radius 2 is 2.18 bits per heavy atom. The molecule has 1 heterocycles. The summed E-state index contributed by atoms with van der Waals surface area (Å²) >= 11 is 1.65. The van der Waals surface area contributed by atoms with Gasteiger partial charge in [0.05, 0.1) is 12.1 Å². The van der Waals surface area contributed by atoms with Gasteiger partial charge in [0, 0.05) is 4.88 Å². The van der Waals surface area contributed by atoms with Crippen molar-refractivity contribution < 1.29 is 4.79 Å². The zero-order valence-corrected chi connectivity index (χ0v) is 11.4. The van der Waals surface area contributed by atoms with E-state index in [9.17, 15) is 4.79 Å². The summed E-state index contributed by atoms with van der Waals surface area (Å²) in [5, 5.41) is 0.968. The summed E-state index contributed by atoms with van der Waals surface area (Å²) in [7, 11) is 0. The Labute approximate surface area is 107 Å². The van der Waals surface area contributed by atoms with Crippen LogP contribution in [0.4, 0.5) is 0 Å². The Bertz CT molecular complexity index is 426. The fourth-order valence-corrected chi connectivity index (χ4v) is 3.07. The van der Waals surface area contributed by atoms with Gasteiger partial charge >= 0.3 is 0 Å². The van der Waals surface area contributed by atoms with Crippen molar-refractivity contribution in [2.75, 3.05) is 0 Å². The van der Waals surface area contributed by atoms with Gasteiger partial charge in [0.25, 0.3) is 0 Å². The number of Topliss-reactive ketones (excluding diaryl/α,β-unsaturated/α-hetero) is 1. The monoisotopic (exact) mass is 249 g/mol. The average Bonchev–Trinajstić information content (AvgIpc) is 2.54. The third kappa shape index (κ3) is 3.25. The van der Waals surface area contributed by atoms with E-state index in [0.29, 0.717) is 6.42 Å². The summed E-state index contributed by atoms with van der Waals surface area (Å²) in [5.41, 5.74) is 2.10. The number of nitrogens with zero attached hydrogens (tertiary/aromatic N) is 1. The minimum atomic E-state index is 0.278. The normalized spacial score (nSPS) is 16.5. The van der Waals surface area contributed by atoms with Gasteiger partial charge in [-0.25, -0.2) is 4.98 Å². The van der Waals surface area contributed by atoms with Crippen LogP contribution in [0.15, 0.2) is 11.6 Å². The Morgan fingerprint density at radius 1 is 1.35 bits per heavy atom. The van der Waals surface area contributed by atoms with Crippen molar-refractivity contribution in [3.05, 3.63) is 27.2 Å². The van der Waals surface area contributed by atoms with Crippen LogP contribution in [0.3, 0.4) is 0 Å². The van der Waals surface area contributed by atoms with Crippen molar-refractivity contribution in [3.8, 4) is 0 Å². The van der Waals surface area contributed by atoms with E-state index >= 15 is 0 Å². The lowest BCUT2D eigenvalue weighted by Gasteiger charge is -2.02. The number of aromatic nitrogens is 1. The van der Waals surface area contributed by atoms with Crippen LogP contribution in [0.1, 0.15) is 47.7 Å². The fourth-order valence-electron chi connectivity index (χ4n) is 2.13. The molecule has 0 fully saturated rings. The standard InChI is InChI=1S/C14H19NOS/c1-10-11(2)17-14(15-10)9-13(16)12-7-5-3-4-6-8-12/h7H,3-6,8-9H2,1-2H3. The van der Waals surface area contributed by atoms with E-state index in [4.69, 9.17) is 0 Å². The minimum absolute atomic E-state index is 0.278. The molecule has 0 spiro atoms. The number of carbonyl (C=O) groups excluding carboxylic acids is 1. The summed E-state index contributed by atoms with van der Waals surface area (Å²) in [6.07, 6.45) is 8.30. The predicted octanol–water partition coefficient (Wildman–Crippen LogP) is 3.76. The molecule has 1 aliphatic rings. The van der Waals surface area contributed by atoms with E-state index in [1.54, 1.807) is 11.3 Å². The zero-order valence-electron chi connectivity index (χ0n) is 10.6. The number of hydrogen-bond donors (Lipinski definition) is 0. The van der Waals surface area contributed by atoms with Gasteiger partial charge in [-0.2, -0.15) is 0 Å². The summed E-state index contributed by atoms with van der Waals surface area (Å²) in [6.45, 7) is 4.07. The van der Waals surface area contributed by atoms with Crippen LogP contribution in [-0.4, -0.2) is 10.8 Å². The number of hydrogen-bond acceptors (Lipinski definition) is 3. The van der Waals surface area contributed by atoms with Crippen LogP contribution in [0.2, 0.25) is 0 Å². The summed E-state index contributed by atoms with van der Waals surface area (Å²) in [4.78, 5) is 17.8. The molecule has 0 bridgehead atoms. The van der Waals surface area contributed by atoms with Crippen molar-refractivity contribution >= 4 is 17.1 Å². The first-order valence-corrected chi connectivity index (χ1v) is 7.13. The average molecular weight is 249 g/mol. The van der Waals surface area contributed by atoms with Gasteiger partial charge in [0.2, 0.25) is 0 Å². The van der Waals surface area contributed by atoms with Crippen molar-refractivity contribution in [1.29, 1.82) is 0 Å². The molecule has 2 rings (SSSR count). The number of rotatable bonds is 3. The van der Waals surface area contributed by atoms with E-state index < -0.39 is 0 Å². The highest BCUT2D eigenvalue weighted by Crippen LogP contribution is 2.22. The summed E-state index contributed by atoms with van der Waals surface area (Å²) < 4.78 is 0. The smallest absolute Gasteiger partial charge is 0.165 e. The molecule has 0 N–H and O–H groups in total. The second kappa shape index (κ2) is 5.58. The van der Waals surface area contributed by atoms with E-state index in [1.807, 2.05) is 6.92 Å². The maximum absolute atomic E-state index is 12.1. The molecule has 1 aromatic heterocycles. The highest BCUT2D eigenvalue weighted by atomic mass is 32.1. The largest absolute Gasteiger partial charge is 0.294 e. The molecule has 0 saturated carbocycles. The number of thiazole rings is 1. The van der Waals surface area contributed by atoms with Gasteiger partial charge in [-0.1, -0.05) is 12.5 Å². The maximum Gasteiger partial charge on any atom is 0.165 e. The topological polar surface area (TPSA) is 30.0 Å². The molecule has 0 saturated heterocycles. The van der Waals surface area contributed by atoms with Gasteiger partial charge in [0.1, 0.15) is 5.01 Å². The third-order valence-electron chi connectivity index (χ3n) is 3.28. The van der Waals surface area contributed by atoms with E-state index in [0.717, 1.165) is 35.5 Å². The molecule has 0 atom stereocenters. The van der Waals surface area contributed by atoms with E-state index in [1.165, 1.54) is 17.7 Å². The quantitative estimate of drug-likeness (QED) is 0.816.